The maximum absolute atomic E-state index is 12.6. The third-order valence-electron chi connectivity index (χ3n) is 4.20. The monoisotopic (exact) mass is 307 g/mol. The minimum Gasteiger partial charge on any atom is -0.440 e. The molecule has 2 aromatic rings. The Morgan fingerprint density at radius 2 is 2.19 bits per heavy atom. The maximum atomic E-state index is 12.6. The molecule has 5 nitrogen and oxygen atoms in total. The normalized spacial score (nSPS) is 18.5. The molecule has 2 aromatic heterocycles. The van der Waals surface area contributed by atoms with Crippen LogP contribution in [0.2, 0.25) is 5.22 Å². The van der Waals surface area contributed by atoms with Crippen molar-refractivity contribution >= 4 is 17.5 Å². The molecule has 0 unspecified atom stereocenters. The molecule has 0 spiro atoms. The molecule has 0 N–H and O–H groups in total. The number of carbonyl (C=O) groups is 1. The van der Waals surface area contributed by atoms with Crippen LogP contribution in [-0.2, 0) is 7.05 Å². The van der Waals surface area contributed by atoms with E-state index in [1.807, 2.05) is 30.5 Å². The number of aromatic nitrogens is 2. The molecule has 6 heteroatoms. The number of hydrogen-bond acceptors (Lipinski definition) is 3. The van der Waals surface area contributed by atoms with Crippen LogP contribution in [0.15, 0.2) is 16.5 Å². The van der Waals surface area contributed by atoms with E-state index in [0.29, 0.717) is 5.76 Å². The summed E-state index contributed by atoms with van der Waals surface area (Å²) in [6, 6.07) is 3.29. The van der Waals surface area contributed by atoms with Crippen molar-refractivity contribution in [2.75, 3.05) is 6.54 Å². The lowest BCUT2D eigenvalue weighted by molar-refractivity contribution is 0.0702. The first-order chi connectivity index (χ1) is 9.99. The summed E-state index contributed by atoms with van der Waals surface area (Å²) in [5.41, 5.74) is 3.24. The van der Waals surface area contributed by atoms with E-state index >= 15 is 0 Å². The Hall–Kier alpha value is -1.75. The molecule has 112 valence electrons. The second-order valence-electron chi connectivity index (χ2n) is 5.47. The lowest BCUT2D eigenvalue weighted by atomic mass is 10.0. The van der Waals surface area contributed by atoms with Gasteiger partial charge in [-0.1, -0.05) is 0 Å². The third-order valence-corrected chi connectivity index (χ3v) is 4.40. The molecule has 1 saturated heterocycles. The van der Waals surface area contributed by atoms with Crippen molar-refractivity contribution in [2.45, 2.75) is 32.7 Å². The minimum absolute atomic E-state index is 0.0649. The van der Waals surface area contributed by atoms with E-state index < -0.39 is 0 Å². The van der Waals surface area contributed by atoms with Crippen LogP contribution in [0.1, 0.15) is 46.4 Å². The summed E-state index contributed by atoms with van der Waals surface area (Å²) < 4.78 is 7.13. The van der Waals surface area contributed by atoms with Gasteiger partial charge in [0.25, 0.3) is 5.91 Å². The number of nitrogens with zero attached hydrogens (tertiary/aromatic N) is 3. The first-order valence-corrected chi connectivity index (χ1v) is 7.43. The number of aryl methyl sites for hydroxylation is 2. The Morgan fingerprint density at radius 1 is 1.43 bits per heavy atom. The summed E-state index contributed by atoms with van der Waals surface area (Å²) in [5, 5.41) is 4.70. The molecular formula is C15H18ClN3O2. The summed E-state index contributed by atoms with van der Waals surface area (Å²) in [6.45, 7) is 4.77. The summed E-state index contributed by atoms with van der Waals surface area (Å²) >= 11 is 5.77. The summed E-state index contributed by atoms with van der Waals surface area (Å²) in [4.78, 5) is 14.5. The molecule has 0 aliphatic carbocycles. The molecule has 0 saturated carbocycles. The van der Waals surface area contributed by atoms with Gasteiger partial charge in [-0.05, 0) is 50.4 Å². The Kier molecular flexibility index (Phi) is 3.53. The highest BCUT2D eigenvalue weighted by Crippen LogP contribution is 2.36. The van der Waals surface area contributed by atoms with Crippen LogP contribution in [-0.4, -0.2) is 27.1 Å². The van der Waals surface area contributed by atoms with Crippen molar-refractivity contribution < 1.29 is 9.21 Å². The molecule has 3 heterocycles. The second kappa shape index (κ2) is 5.22. The Balaban J connectivity index is 1.94. The molecule has 1 aliphatic rings. The third kappa shape index (κ3) is 2.35. The largest absolute Gasteiger partial charge is 0.440 e. The van der Waals surface area contributed by atoms with Gasteiger partial charge in [-0.3, -0.25) is 9.48 Å². The molecule has 1 atom stereocenters. The highest BCUT2D eigenvalue weighted by atomic mass is 35.5. The van der Waals surface area contributed by atoms with Gasteiger partial charge in [0.2, 0.25) is 0 Å². The van der Waals surface area contributed by atoms with Crippen LogP contribution in [0.25, 0.3) is 0 Å². The topological polar surface area (TPSA) is 51.3 Å². The lowest BCUT2D eigenvalue weighted by Crippen LogP contribution is -2.30. The maximum Gasteiger partial charge on any atom is 0.290 e. The zero-order valence-electron chi connectivity index (χ0n) is 12.4. The summed E-state index contributed by atoms with van der Waals surface area (Å²) in [6.07, 6.45) is 1.94. The summed E-state index contributed by atoms with van der Waals surface area (Å²) in [7, 11) is 1.93. The molecule has 0 bridgehead atoms. The predicted molar refractivity (Wildman–Crippen MR) is 79.4 cm³/mol. The zero-order chi connectivity index (χ0) is 15.1. The van der Waals surface area contributed by atoms with Gasteiger partial charge in [-0.15, -0.1) is 0 Å². The molecule has 3 rings (SSSR count). The first kappa shape index (κ1) is 14.2. The van der Waals surface area contributed by atoms with Gasteiger partial charge in [0.05, 0.1) is 11.7 Å². The Morgan fingerprint density at radius 3 is 2.76 bits per heavy atom. The van der Waals surface area contributed by atoms with E-state index in [1.165, 1.54) is 0 Å². The van der Waals surface area contributed by atoms with Gasteiger partial charge in [0.1, 0.15) is 0 Å². The van der Waals surface area contributed by atoms with Crippen molar-refractivity contribution in [1.29, 1.82) is 0 Å². The molecule has 0 radical (unpaired) electrons. The summed E-state index contributed by atoms with van der Waals surface area (Å²) in [5.74, 6) is 0.193. The van der Waals surface area contributed by atoms with Crippen LogP contribution < -0.4 is 0 Å². The van der Waals surface area contributed by atoms with E-state index in [-0.39, 0.29) is 17.2 Å². The van der Waals surface area contributed by atoms with Crippen LogP contribution >= 0.6 is 11.6 Å². The van der Waals surface area contributed by atoms with E-state index in [0.717, 1.165) is 36.3 Å². The molecule has 1 amide bonds. The quantitative estimate of drug-likeness (QED) is 0.855. The van der Waals surface area contributed by atoms with Gasteiger partial charge < -0.3 is 9.32 Å². The zero-order valence-corrected chi connectivity index (χ0v) is 13.1. The van der Waals surface area contributed by atoms with E-state index in [2.05, 4.69) is 5.10 Å². The SMILES string of the molecule is Cc1nn(C)c(C)c1[C@@H]1CCCN1C(=O)c1ccc(Cl)o1. The van der Waals surface area contributed by atoms with Gasteiger partial charge >= 0.3 is 0 Å². The molecule has 0 aromatic carbocycles. The number of hydrogen-bond donors (Lipinski definition) is 0. The van der Waals surface area contributed by atoms with Gasteiger partial charge in [-0.2, -0.15) is 5.10 Å². The van der Waals surface area contributed by atoms with E-state index in [4.69, 9.17) is 16.0 Å². The fraction of sp³-hybridized carbons (Fsp3) is 0.467. The average Bonchev–Trinajstić information content (AvgIpc) is 3.11. The number of halogens is 1. The number of rotatable bonds is 2. The van der Waals surface area contributed by atoms with Gasteiger partial charge in [0.15, 0.2) is 11.0 Å². The smallest absolute Gasteiger partial charge is 0.290 e. The number of amides is 1. The highest BCUT2D eigenvalue weighted by molar-refractivity contribution is 6.29. The molecule has 21 heavy (non-hydrogen) atoms. The van der Waals surface area contributed by atoms with Crippen molar-refractivity contribution in [2.24, 2.45) is 7.05 Å². The second-order valence-corrected chi connectivity index (χ2v) is 5.84. The highest BCUT2D eigenvalue weighted by Gasteiger charge is 2.35. The number of carbonyl (C=O) groups excluding carboxylic acids is 1. The van der Waals surface area contributed by atoms with Gasteiger partial charge in [-0.25, -0.2) is 0 Å². The standard InChI is InChI=1S/C15H18ClN3O2/c1-9-14(10(2)18(3)17-9)11-5-4-8-19(11)15(20)12-6-7-13(16)21-12/h6-7,11H,4-5,8H2,1-3H3/t11-/m0/s1. The van der Waals surface area contributed by atoms with Crippen molar-refractivity contribution in [3.63, 3.8) is 0 Å². The number of likely N-dealkylation sites (tertiary alicyclic amines) is 1. The first-order valence-electron chi connectivity index (χ1n) is 7.05. The lowest BCUT2D eigenvalue weighted by Gasteiger charge is -2.24. The van der Waals surface area contributed by atoms with Crippen molar-refractivity contribution in [1.82, 2.24) is 14.7 Å². The average molecular weight is 308 g/mol. The fourth-order valence-electron chi connectivity index (χ4n) is 3.15. The van der Waals surface area contributed by atoms with Crippen molar-refractivity contribution in [3.05, 3.63) is 40.1 Å². The van der Waals surface area contributed by atoms with Crippen LogP contribution in [0.3, 0.4) is 0 Å². The minimum atomic E-state index is -0.105. The Labute approximate surface area is 128 Å². The number of furan rings is 1. The molecule has 1 fully saturated rings. The van der Waals surface area contributed by atoms with Crippen molar-refractivity contribution in [3.8, 4) is 0 Å². The van der Waals surface area contributed by atoms with E-state index in [9.17, 15) is 4.79 Å². The predicted octanol–water partition coefficient (Wildman–Crippen LogP) is 3.26. The van der Waals surface area contributed by atoms with Crippen LogP contribution in [0.5, 0.6) is 0 Å². The van der Waals surface area contributed by atoms with Crippen LogP contribution in [0.4, 0.5) is 0 Å². The van der Waals surface area contributed by atoms with E-state index in [1.54, 1.807) is 12.1 Å². The molecule has 1 aliphatic heterocycles. The van der Waals surface area contributed by atoms with Crippen LogP contribution in [0, 0.1) is 13.8 Å². The fourth-order valence-corrected chi connectivity index (χ4v) is 3.30. The molecular weight excluding hydrogens is 290 g/mol. The Bertz CT molecular complexity index is 689. The van der Waals surface area contributed by atoms with Gasteiger partial charge in [0, 0.05) is 24.8 Å².